The van der Waals surface area contributed by atoms with Gasteiger partial charge in [0, 0.05) is 13.3 Å². The number of anilines is 1. The number of aromatic nitrogens is 4. The minimum atomic E-state index is -0.356. The molecule has 28 heavy (non-hydrogen) atoms. The molecule has 10 nitrogen and oxygen atoms in total. The monoisotopic (exact) mass is 387 g/mol. The Morgan fingerprint density at radius 3 is 2.50 bits per heavy atom. The normalized spacial score (nSPS) is 10.5. The van der Waals surface area contributed by atoms with Gasteiger partial charge in [-0.25, -0.2) is 9.36 Å². The number of hydrogen-bond donors (Lipinski definition) is 1. The van der Waals surface area contributed by atoms with Crippen LogP contribution in [0.25, 0.3) is 0 Å². The van der Waals surface area contributed by atoms with Gasteiger partial charge in [0.1, 0.15) is 6.73 Å². The number of nitrogens with one attached hydrogen (secondary N) is 1. The molecule has 0 bridgehead atoms. The highest BCUT2D eigenvalue weighted by Crippen LogP contribution is 2.36. The first-order chi connectivity index (χ1) is 13.6. The van der Waals surface area contributed by atoms with Crippen LogP contribution >= 0.6 is 0 Å². The van der Waals surface area contributed by atoms with E-state index >= 15 is 0 Å². The number of nitrogens with zero attached hydrogens (tertiary/aromatic N) is 4. The Morgan fingerprint density at radius 1 is 1.07 bits per heavy atom. The van der Waals surface area contributed by atoms with Crippen LogP contribution in [0.1, 0.15) is 10.5 Å². The van der Waals surface area contributed by atoms with Gasteiger partial charge >= 0.3 is 0 Å². The largest absolute Gasteiger partial charge is 0.493 e. The van der Waals surface area contributed by atoms with Crippen LogP contribution in [0.3, 0.4) is 0 Å². The summed E-state index contributed by atoms with van der Waals surface area (Å²) in [5.41, 5.74) is 0.793. The molecule has 1 aromatic carbocycles. The third kappa shape index (κ3) is 4.41. The molecule has 10 heteroatoms. The number of hydrogen-bond acceptors (Lipinski definition) is 7. The summed E-state index contributed by atoms with van der Waals surface area (Å²) in [4.78, 5) is 12.3. The third-order valence-electron chi connectivity index (χ3n) is 3.75. The van der Waals surface area contributed by atoms with Gasteiger partial charge in [0.25, 0.3) is 5.91 Å². The summed E-state index contributed by atoms with van der Waals surface area (Å²) < 4.78 is 24.4. The van der Waals surface area contributed by atoms with Crippen LogP contribution in [0.5, 0.6) is 17.2 Å². The maximum atomic E-state index is 12.3. The second-order valence-electron chi connectivity index (χ2n) is 5.65. The maximum absolute atomic E-state index is 12.3. The summed E-state index contributed by atoms with van der Waals surface area (Å²) in [6.07, 6.45) is 4.84. The summed E-state index contributed by atoms with van der Waals surface area (Å²) in [7, 11) is 4.66. The molecule has 2 aromatic heterocycles. The van der Waals surface area contributed by atoms with E-state index < -0.39 is 0 Å². The molecule has 3 aromatic rings. The lowest BCUT2D eigenvalue weighted by atomic mass is 10.3. The molecule has 0 spiro atoms. The van der Waals surface area contributed by atoms with Crippen molar-refractivity contribution in [1.82, 2.24) is 19.6 Å². The maximum Gasteiger partial charge on any atom is 0.276 e. The molecule has 0 radical (unpaired) electrons. The van der Waals surface area contributed by atoms with Gasteiger partial charge in [-0.3, -0.25) is 4.79 Å². The zero-order valence-electron chi connectivity index (χ0n) is 15.8. The van der Waals surface area contributed by atoms with Gasteiger partial charge in [-0.1, -0.05) is 6.07 Å². The van der Waals surface area contributed by atoms with Crippen LogP contribution in [0.4, 0.5) is 5.69 Å². The van der Waals surface area contributed by atoms with E-state index in [1.807, 2.05) is 0 Å². The van der Waals surface area contributed by atoms with E-state index in [2.05, 4.69) is 15.5 Å². The topological polar surface area (TPSA) is 102 Å². The summed E-state index contributed by atoms with van der Waals surface area (Å²) in [6, 6.07) is 6.93. The van der Waals surface area contributed by atoms with E-state index in [1.165, 1.54) is 10.9 Å². The fourth-order valence-electron chi connectivity index (χ4n) is 2.47. The molecule has 0 saturated carbocycles. The highest BCUT2D eigenvalue weighted by Gasteiger charge is 2.14. The van der Waals surface area contributed by atoms with Crippen molar-refractivity contribution in [2.24, 2.45) is 0 Å². The lowest BCUT2D eigenvalue weighted by molar-refractivity contribution is 0.101. The van der Waals surface area contributed by atoms with Gasteiger partial charge in [0.15, 0.2) is 23.9 Å². The van der Waals surface area contributed by atoms with Crippen molar-refractivity contribution in [3.8, 4) is 17.2 Å². The van der Waals surface area contributed by atoms with Crippen LogP contribution < -0.4 is 19.5 Å². The Kier molecular flexibility index (Phi) is 6.12. The average molecular weight is 387 g/mol. The van der Waals surface area contributed by atoms with E-state index in [9.17, 15) is 4.79 Å². The molecule has 3 rings (SSSR count). The molecule has 1 N–H and O–H groups in total. The van der Waals surface area contributed by atoms with E-state index in [0.29, 0.717) is 29.7 Å². The van der Waals surface area contributed by atoms with Crippen LogP contribution in [0.15, 0.2) is 42.9 Å². The van der Waals surface area contributed by atoms with Gasteiger partial charge in [-0.15, -0.1) is 0 Å². The van der Waals surface area contributed by atoms with Gasteiger partial charge < -0.3 is 24.3 Å². The minimum Gasteiger partial charge on any atom is -0.493 e. The molecule has 2 heterocycles. The Hall–Kier alpha value is -3.53. The summed E-state index contributed by atoms with van der Waals surface area (Å²) >= 11 is 0. The second kappa shape index (κ2) is 8.91. The summed E-state index contributed by atoms with van der Waals surface area (Å²) in [6.45, 7) is 0.379. The van der Waals surface area contributed by atoms with Crippen molar-refractivity contribution in [3.63, 3.8) is 0 Å². The third-order valence-corrected chi connectivity index (χ3v) is 3.75. The molecule has 0 aliphatic carbocycles. The lowest BCUT2D eigenvalue weighted by Gasteiger charge is -2.13. The number of amides is 1. The van der Waals surface area contributed by atoms with E-state index in [4.69, 9.17) is 18.9 Å². The SMILES string of the molecule is COCn1cc(NC(=O)c2ccn(COc3c(OC)cccc3OC)n2)cn1. The van der Waals surface area contributed by atoms with E-state index in [0.717, 1.165) is 0 Å². The number of carbonyl (C=O) groups is 1. The fourth-order valence-corrected chi connectivity index (χ4v) is 2.47. The summed E-state index contributed by atoms with van der Waals surface area (Å²) in [5.74, 6) is 1.18. The molecule has 0 atom stereocenters. The Labute approximate surface area is 161 Å². The second-order valence-corrected chi connectivity index (χ2v) is 5.65. The molecule has 148 valence electrons. The van der Waals surface area contributed by atoms with Crippen LogP contribution in [0.2, 0.25) is 0 Å². The highest BCUT2D eigenvalue weighted by atomic mass is 16.5. The number of methoxy groups -OCH3 is 3. The Morgan fingerprint density at radius 2 is 1.82 bits per heavy atom. The molecular formula is C18H21N5O5. The molecule has 1 amide bonds. The van der Waals surface area contributed by atoms with Crippen molar-refractivity contribution in [3.05, 3.63) is 48.5 Å². The number of carbonyl (C=O) groups excluding carboxylic acids is 1. The zero-order chi connectivity index (χ0) is 19.9. The fraction of sp³-hybridized carbons (Fsp3) is 0.278. The van der Waals surface area contributed by atoms with Crippen molar-refractivity contribution in [2.75, 3.05) is 26.6 Å². The smallest absolute Gasteiger partial charge is 0.276 e. The number of para-hydroxylation sites is 1. The number of benzene rings is 1. The van der Waals surface area contributed by atoms with Crippen molar-refractivity contribution in [2.45, 2.75) is 13.5 Å². The van der Waals surface area contributed by atoms with Crippen LogP contribution in [0, 0.1) is 0 Å². The predicted molar refractivity (Wildman–Crippen MR) is 99.6 cm³/mol. The first kappa shape index (κ1) is 19.2. The highest BCUT2D eigenvalue weighted by molar-refractivity contribution is 6.02. The lowest BCUT2D eigenvalue weighted by Crippen LogP contribution is -2.14. The molecule has 0 fully saturated rings. The quantitative estimate of drug-likeness (QED) is 0.599. The first-order valence-electron chi connectivity index (χ1n) is 8.34. The standard InChI is InChI=1S/C18H21N5O5/c1-25-11-23-10-13(9-19-23)20-18(24)14-7-8-22(21-14)12-28-17-15(26-2)5-4-6-16(17)27-3/h4-10H,11-12H2,1-3H3,(H,20,24). The first-order valence-corrected chi connectivity index (χ1v) is 8.34. The van der Waals surface area contributed by atoms with Gasteiger partial charge in [-0.2, -0.15) is 10.2 Å². The van der Waals surface area contributed by atoms with Crippen molar-refractivity contribution >= 4 is 11.6 Å². The Balaban J connectivity index is 1.63. The van der Waals surface area contributed by atoms with E-state index in [1.54, 1.807) is 62.7 Å². The molecular weight excluding hydrogens is 366 g/mol. The molecule has 0 saturated heterocycles. The van der Waals surface area contributed by atoms with Gasteiger partial charge in [0.05, 0.1) is 32.3 Å². The van der Waals surface area contributed by atoms with Crippen molar-refractivity contribution in [1.29, 1.82) is 0 Å². The predicted octanol–water partition coefficient (Wildman–Crippen LogP) is 1.99. The molecule has 0 unspecified atom stereocenters. The van der Waals surface area contributed by atoms with E-state index in [-0.39, 0.29) is 18.3 Å². The van der Waals surface area contributed by atoms with Crippen LogP contribution in [-0.2, 0) is 18.2 Å². The molecule has 0 aliphatic rings. The Bertz CT molecular complexity index is 914. The van der Waals surface area contributed by atoms with Crippen LogP contribution in [-0.4, -0.2) is 46.8 Å². The average Bonchev–Trinajstić information content (AvgIpc) is 3.36. The minimum absolute atomic E-state index is 0.0792. The van der Waals surface area contributed by atoms with Gasteiger partial charge in [0.2, 0.25) is 5.75 Å². The zero-order valence-corrected chi connectivity index (χ0v) is 15.8. The number of rotatable bonds is 9. The number of ether oxygens (including phenoxy) is 4. The van der Waals surface area contributed by atoms with Crippen molar-refractivity contribution < 1.29 is 23.7 Å². The summed E-state index contributed by atoms with van der Waals surface area (Å²) in [5, 5.41) is 11.0. The van der Waals surface area contributed by atoms with Gasteiger partial charge in [-0.05, 0) is 18.2 Å². The molecule has 0 aliphatic heterocycles.